The lowest BCUT2D eigenvalue weighted by atomic mass is 9.98. The highest BCUT2D eigenvalue weighted by molar-refractivity contribution is 8.33. The van der Waals surface area contributed by atoms with Gasteiger partial charge in [-0.1, -0.05) is 103 Å². The van der Waals surface area contributed by atoms with Crippen LogP contribution in [0.1, 0.15) is 0 Å². The summed E-state index contributed by atoms with van der Waals surface area (Å²) in [6.07, 6.45) is 4.70. The lowest BCUT2D eigenvalue weighted by molar-refractivity contribution is 1.07. The third kappa shape index (κ3) is 3.28. The van der Waals surface area contributed by atoms with Gasteiger partial charge >= 0.3 is 0 Å². The molecule has 0 spiro atoms. The fourth-order valence-corrected chi connectivity index (χ4v) is 7.03. The predicted octanol–water partition coefficient (Wildman–Crippen LogP) is 7.94. The van der Waals surface area contributed by atoms with Crippen molar-refractivity contribution in [3.05, 3.63) is 109 Å². The molecule has 0 saturated carbocycles. The Labute approximate surface area is 196 Å². The number of benzene rings is 4. The molecule has 2 heterocycles. The van der Waals surface area contributed by atoms with E-state index < -0.39 is 10.0 Å². The third-order valence-electron chi connectivity index (χ3n) is 6.36. The molecule has 0 fully saturated rings. The van der Waals surface area contributed by atoms with Gasteiger partial charge in [-0.25, -0.2) is 9.97 Å². The van der Waals surface area contributed by atoms with Crippen LogP contribution in [0.5, 0.6) is 0 Å². The van der Waals surface area contributed by atoms with E-state index in [1.165, 1.54) is 32.2 Å². The van der Waals surface area contributed by atoms with Crippen LogP contribution < -0.4 is 0 Å². The molecule has 0 unspecified atom stereocenters. The zero-order valence-electron chi connectivity index (χ0n) is 18.7. The molecule has 5 aromatic rings. The Balaban J connectivity index is 1.59. The molecule has 1 aliphatic rings. The van der Waals surface area contributed by atoms with Crippen molar-refractivity contribution in [3.63, 3.8) is 0 Å². The van der Waals surface area contributed by atoms with E-state index >= 15 is 0 Å². The lowest BCUT2D eigenvalue weighted by Crippen LogP contribution is -2.01. The van der Waals surface area contributed by atoms with Crippen molar-refractivity contribution in [2.75, 3.05) is 12.5 Å². The first-order valence-corrected chi connectivity index (χ1v) is 13.5. The lowest BCUT2D eigenvalue weighted by Gasteiger charge is -2.27. The molecule has 33 heavy (non-hydrogen) atoms. The van der Waals surface area contributed by atoms with Crippen LogP contribution in [-0.4, -0.2) is 22.5 Å². The predicted molar refractivity (Wildman–Crippen MR) is 140 cm³/mol. The number of rotatable bonds is 3. The van der Waals surface area contributed by atoms with Crippen LogP contribution in [-0.2, 0) is 0 Å². The fraction of sp³-hybridized carbons (Fsp3) is 0.0667. The van der Waals surface area contributed by atoms with Crippen molar-refractivity contribution < 1.29 is 0 Å². The van der Waals surface area contributed by atoms with Crippen LogP contribution in [0.15, 0.2) is 119 Å². The van der Waals surface area contributed by atoms with E-state index in [4.69, 9.17) is 9.97 Å². The van der Waals surface area contributed by atoms with E-state index in [1.807, 2.05) is 18.2 Å². The van der Waals surface area contributed by atoms with Crippen molar-refractivity contribution in [2.24, 2.45) is 0 Å². The van der Waals surface area contributed by atoms with Gasteiger partial charge in [-0.3, -0.25) is 0 Å². The van der Waals surface area contributed by atoms with Crippen molar-refractivity contribution in [1.29, 1.82) is 0 Å². The minimum atomic E-state index is -1.23. The van der Waals surface area contributed by atoms with Gasteiger partial charge < -0.3 is 0 Å². The molecule has 0 N–H and O–H groups in total. The van der Waals surface area contributed by atoms with Gasteiger partial charge in [0.1, 0.15) is 0 Å². The summed E-state index contributed by atoms with van der Waals surface area (Å²) in [5.41, 5.74) is 8.08. The van der Waals surface area contributed by atoms with Crippen LogP contribution >= 0.6 is 10.0 Å². The Morgan fingerprint density at radius 2 is 1.06 bits per heavy atom. The average Bonchev–Trinajstić information content (AvgIpc) is 3.12. The van der Waals surface area contributed by atoms with E-state index in [-0.39, 0.29) is 0 Å². The quantitative estimate of drug-likeness (QED) is 0.264. The molecule has 0 amide bonds. The number of nitrogens with zero attached hydrogens (tertiary/aromatic N) is 2. The van der Waals surface area contributed by atoms with Crippen LogP contribution in [0.2, 0.25) is 0 Å². The molecule has 0 bridgehead atoms. The van der Waals surface area contributed by atoms with E-state index in [9.17, 15) is 0 Å². The normalized spacial score (nSPS) is 14.4. The molecule has 4 aromatic carbocycles. The number of hydrogen-bond donors (Lipinski definition) is 0. The SMILES string of the molecule is CS1(C)c2ccccc2-c2c(-c3ccc(-c4ccccc4)cc3)nc(-c3ccccc3)nc21. The first-order valence-electron chi connectivity index (χ1n) is 11.1. The van der Waals surface area contributed by atoms with E-state index in [0.717, 1.165) is 22.6 Å². The molecule has 0 aliphatic carbocycles. The van der Waals surface area contributed by atoms with Gasteiger partial charge in [-0.15, -0.1) is 0 Å². The van der Waals surface area contributed by atoms with E-state index in [1.54, 1.807) is 0 Å². The standard InChI is InChI=1S/C30H24N2S/c1-33(2)26-16-10-9-15-25(26)27-28(31-29(32-30(27)33)24-13-7-4-8-14-24)23-19-17-22(18-20-23)21-11-5-3-6-12-21/h3-20H,1-2H3. The topological polar surface area (TPSA) is 25.8 Å². The molecule has 3 heteroatoms. The molecule has 2 nitrogen and oxygen atoms in total. The Morgan fingerprint density at radius 3 is 1.76 bits per heavy atom. The maximum atomic E-state index is 5.17. The second-order valence-corrected chi connectivity index (χ2v) is 12.2. The summed E-state index contributed by atoms with van der Waals surface area (Å²) >= 11 is 0. The minimum Gasteiger partial charge on any atom is -0.227 e. The van der Waals surface area contributed by atoms with Gasteiger partial charge in [0, 0.05) is 21.6 Å². The smallest absolute Gasteiger partial charge is 0.161 e. The monoisotopic (exact) mass is 444 g/mol. The van der Waals surface area contributed by atoms with Crippen LogP contribution in [0, 0.1) is 0 Å². The van der Waals surface area contributed by atoms with Gasteiger partial charge in [0.2, 0.25) is 0 Å². The average molecular weight is 445 g/mol. The molecule has 0 radical (unpaired) electrons. The highest BCUT2D eigenvalue weighted by atomic mass is 32.3. The summed E-state index contributed by atoms with van der Waals surface area (Å²) < 4.78 is 0. The van der Waals surface area contributed by atoms with Gasteiger partial charge in [-0.2, -0.15) is 10.0 Å². The molecular weight excluding hydrogens is 420 g/mol. The van der Waals surface area contributed by atoms with Crippen molar-refractivity contribution in [3.8, 4) is 44.9 Å². The molecule has 1 aromatic heterocycles. The summed E-state index contributed by atoms with van der Waals surface area (Å²) in [7, 11) is -1.23. The van der Waals surface area contributed by atoms with E-state index in [2.05, 4.69) is 104 Å². The third-order valence-corrected chi connectivity index (χ3v) is 9.08. The summed E-state index contributed by atoms with van der Waals surface area (Å²) in [5.74, 6) is 0.796. The minimum absolute atomic E-state index is 0.796. The van der Waals surface area contributed by atoms with Crippen LogP contribution in [0.3, 0.4) is 0 Å². The van der Waals surface area contributed by atoms with Crippen molar-refractivity contribution >= 4 is 10.0 Å². The van der Waals surface area contributed by atoms with Crippen molar-refractivity contribution in [1.82, 2.24) is 9.97 Å². The van der Waals surface area contributed by atoms with Crippen molar-refractivity contribution in [2.45, 2.75) is 9.92 Å². The molecule has 0 atom stereocenters. The first kappa shape index (κ1) is 20.0. The molecule has 160 valence electrons. The van der Waals surface area contributed by atoms with Gasteiger partial charge in [-0.05, 0) is 35.3 Å². The summed E-state index contributed by atoms with van der Waals surface area (Å²) in [4.78, 5) is 11.7. The van der Waals surface area contributed by atoms with Gasteiger partial charge in [0.05, 0.1) is 10.7 Å². The summed E-state index contributed by atoms with van der Waals surface area (Å²) in [6.45, 7) is 0. The highest BCUT2D eigenvalue weighted by Crippen LogP contribution is 2.67. The number of hydrogen-bond acceptors (Lipinski definition) is 2. The maximum Gasteiger partial charge on any atom is 0.161 e. The number of fused-ring (bicyclic) bond motifs is 3. The molecule has 6 rings (SSSR count). The molecular formula is C30H24N2S. The summed E-state index contributed by atoms with van der Waals surface area (Å²) in [6, 6.07) is 38.3. The zero-order chi connectivity index (χ0) is 22.4. The van der Waals surface area contributed by atoms with Crippen LogP contribution in [0.4, 0.5) is 0 Å². The largest absolute Gasteiger partial charge is 0.227 e. The second-order valence-electron chi connectivity index (χ2n) is 8.71. The van der Waals surface area contributed by atoms with E-state index in [0.29, 0.717) is 0 Å². The number of aromatic nitrogens is 2. The van der Waals surface area contributed by atoms with Crippen LogP contribution in [0.25, 0.3) is 44.9 Å². The van der Waals surface area contributed by atoms with Gasteiger partial charge in [0.25, 0.3) is 0 Å². The Kier molecular flexibility index (Phi) is 4.67. The molecule has 1 aliphatic heterocycles. The second kappa shape index (κ2) is 7.72. The maximum absolute atomic E-state index is 5.17. The summed E-state index contributed by atoms with van der Waals surface area (Å²) in [5, 5.41) is 1.18. The fourth-order valence-electron chi connectivity index (χ4n) is 4.65. The Morgan fingerprint density at radius 1 is 0.515 bits per heavy atom. The Hall–Kier alpha value is -3.69. The Bertz CT molecular complexity index is 1460. The zero-order valence-corrected chi connectivity index (χ0v) is 19.5. The molecule has 0 saturated heterocycles. The first-order chi connectivity index (χ1) is 16.1. The highest BCUT2D eigenvalue weighted by Gasteiger charge is 2.36. The van der Waals surface area contributed by atoms with Gasteiger partial charge in [0.15, 0.2) is 5.82 Å².